The molecule has 5 rings (SSSR count). The summed E-state index contributed by atoms with van der Waals surface area (Å²) in [5.41, 5.74) is 2.86. The van der Waals surface area contributed by atoms with Crippen molar-refractivity contribution in [3.63, 3.8) is 0 Å². The van der Waals surface area contributed by atoms with Crippen LogP contribution in [0.5, 0.6) is 17.2 Å². The van der Waals surface area contributed by atoms with E-state index in [-0.39, 0.29) is 24.1 Å². The van der Waals surface area contributed by atoms with Crippen LogP contribution in [-0.2, 0) is 12.8 Å². The normalized spacial score (nSPS) is 14.2. The Morgan fingerprint density at radius 1 is 1.11 bits per heavy atom. The number of likely N-dealkylation sites (tertiary alicyclic amines) is 1. The number of halogens is 1. The van der Waals surface area contributed by atoms with Crippen molar-refractivity contribution in [2.24, 2.45) is 5.92 Å². The van der Waals surface area contributed by atoms with E-state index in [9.17, 15) is 14.3 Å². The molecule has 0 radical (unpaired) electrons. The minimum Gasteiger partial charge on any atom is -0.508 e. The van der Waals surface area contributed by atoms with E-state index in [1.54, 1.807) is 18.2 Å². The Morgan fingerprint density at radius 3 is 2.63 bits per heavy atom. The smallest absolute Gasteiger partial charge is 0.207 e. The zero-order valence-electron chi connectivity index (χ0n) is 19.7. The molecule has 1 fully saturated rings. The Labute approximate surface area is 208 Å². The summed E-state index contributed by atoms with van der Waals surface area (Å²) in [6.07, 6.45) is 1.66. The second-order valence-corrected chi connectivity index (χ2v) is 10.1. The molecule has 3 aromatic carbocycles. The van der Waals surface area contributed by atoms with Crippen molar-refractivity contribution in [2.75, 3.05) is 26.3 Å². The maximum atomic E-state index is 13.6. The first-order valence-corrected chi connectivity index (χ1v) is 12.8. The van der Waals surface area contributed by atoms with Crippen LogP contribution in [0.4, 0.5) is 4.39 Å². The van der Waals surface area contributed by atoms with Gasteiger partial charge in [0.2, 0.25) is 5.78 Å². The molecule has 6 heteroatoms. The van der Waals surface area contributed by atoms with Crippen molar-refractivity contribution in [3.8, 4) is 17.2 Å². The van der Waals surface area contributed by atoms with Crippen LogP contribution >= 0.6 is 11.3 Å². The molecule has 0 unspecified atom stereocenters. The van der Waals surface area contributed by atoms with Gasteiger partial charge in [0.1, 0.15) is 16.4 Å². The highest BCUT2D eigenvalue weighted by molar-refractivity contribution is 7.21. The van der Waals surface area contributed by atoms with Gasteiger partial charge in [0.15, 0.2) is 5.75 Å². The average molecular weight is 490 g/mol. The van der Waals surface area contributed by atoms with Crippen molar-refractivity contribution in [1.82, 2.24) is 4.90 Å². The standard InChI is InChI=1S/C29H28FNO3S/c1-2-21-5-3-4-6-24(21)27(33)29-28(25-12-9-22(32)15-26(25)35-29)34-23-10-7-19(8-11-23)13-14-31-17-20(16-30)18-31/h3-12,15,20,32H,2,13-14,16-18H2,1H3. The second-order valence-electron chi connectivity index (χ2n) is 9.06. The van der Waals surface area contributed by atoms with Crippen LogP contribution in [0.2, 0.25) is 0 Å². The highest BCUT2D eigenvalue weighted by Gasteiger charge is 2.26. The van der Waals surface area contributed by atoms with E-state index in [2.05, 4.69) is 4.90 Å². The van der Waals surface area contributed by atoms with Crippen molar-refractivity contribution in [2.45, 2.75) is 19.8 Å². The molecule has 4 aromatic rings. The number of thiophene rings is 1. The van der Waals surface area contributed by atoms with E-state index in [4.69, 9.17) is 4.74 Å². The summed E-state index contributed by atoms with van der Waals surface area (Å²) in [5.74, 6) is 1.46. The lowest BCUT2D eigenvalue weighted by Gasteiger charge is -2.37. The SMILES string of the molecule is CCc1ccccc1C(=O)c1sc2cc(O)ccc2c1Oc1ccc(CCN2CC(CF)C2)cc1. The Hall–Kier alpha value is -3.22. The average Bonchev–Trinajstić information content (AvgIpc) is 3.20. The van der Waals surface area contributed by atoms with E-state index in [0.29, 0.717) is 21.9 Å². The number of benzene rings is 3. The summed E-state index contributed by atoms with van der Waals surface area (Å²) in [7, 11) is 0. The number of hydrogen-bond acceptors (Lipinski definition) is 5. The van der Waals surface area contributed by atoms with Crippen molar-refractivity contribution < 1.29 is 19.0 Å². The van der Waals surface area contributed by atoms with Crippen molar-refractivity contribution in [3.05, 3.63) is 88.3 Å². The molecule has 1 aliphatic heterocycles. The van der Waals surface area contributed by atoms with Gasteiger partial charge in [-0.3, -0.25) is 9.18 Å². The molecule has 0 atom stereocenters. The van der Waals surface area contributed by atoms with E-state index < -0.39 is 0 Å². The molecule has 4 nitrogen and oxygen atoms in total. The monoisotopic (exact) mass is 489 g/mol. The van der Waals surface area contributed by atoms with E-state index in [0.717, 1.165) is 48.1 Å². The molecule has 2 heterocycles. The highest BCUT2D eigenvalue weighted by atomic mass is 32.1. The zero-order chi connectivity index (χ0) is 24.4. The summed E-state index contributed by atoms with van der Waals surface area (Å²) in [6, 6.07) is 20.7. The quantitative estimate of drug-likeness (QED) is 0.268. The predicted molar refractivity (Wildman–Crippen MR) is 139 cm³/mol. The first-order chi connectivity index (χ1) is 17.1. The van der Waals surface area contributed by atoms with Gasteiger partial charge in [-0.25, -0.2) is 0 Å². The van der Waals surface area contributed by atoms with Crippen LogP contribution in [0.1, 0.15) is 33.3 Å². The third-order valence-corrected chi connectivity index (χ3v) is 7.72. The summed E-state index contributed by atoms with van der Waals surface area (Å²) in [5, 5.41) is 10.8. The lowest BCUT2D eigenvalue weighted by molar-refractivity contribution is 0.0824. The maximum absolute atomic E-state index is 13.6. The lowest BCUT2D eigenvalue weighted by Crippen LogP contribution is -2.48. The Balaban J connectivity index is 1.40. The van der Waals surface area contributed by atoms with Gasteiger partial charge < -0.3 is 14.7 Å². The van der Waals surface area contributed by atoms with Crippen LogP contribution in [0.25, 0.3) is 10.1 Å². The number of aromatic hydroxyl groups is 1. The van der Waals surface area contributed by atoms with Crippen LogP contribution in [0.15, 0.2) is 66.7 Å². The van der Waals surface area contributed by atoms with Crippen molar-refractivity contribution in [1.29, 1.82) is 0 Å². The number of aryl methyl sites for hydroxylation is 1. The number of nitrogens with zero attached hydrogens (tertiary/aromatic N) is 1. The Kier molecular flexibility index (Phi) is 6.84. The topological polar surface area (TPSA) is 49.8 Å². The van der Waals surface area contributed by atoms with Crippen molar-refractivity contribution >= 4 is 27.2 Å². The first kappa shape index (κ1) is 23.5. The number of phenolic OH excluding ortho intramolecular Hbond substituents is 1. The number of carbonyl (C=O) groups excluding carboxylic acids is 1. The fourth-order valence-electron chi connectivity index (χ4n) is 4.57. The van der Waals surface area contributed by atoms with Gasteiger partial charge in [-0.05, 0) is 54.3 Å². The van der Waals surface area contributed by atoms with Crippen LogP contribution in [-0.4, -0.2) is 42.1 Å². The number of fused-ring (bicyclic) bond motifs is 1. The predicted octanol–water partition coefficient (Wildman–Crippen LogP) is 6.64. The van der Waals surface area contributed by atoms with Gasteiger partial charge in [-0.2, -0.15) is 0 Å². The maximum Gasteiger partial charge on any atom is 0.207 e. The summed E-state index contributed by atoms with van der Waals surface area (Å²) in [4.78, 5) is 16.4. The van der Waals surface area contributed by atoms with Crippen LogP contribution in [0, 0.1) is 5.92 Å². The third kappa shape index (κ3) is 4.95. The molecule has 1 saturated heterocycles. The summed E-state index contributed by atoms with van der Waals surface area (Å²) in [6.45, 7) is 4.42. The molecule has 0 aliphatic carbocycles. The molecule has 1 aromatic heterocycles. The van der Waals surface area contributed by atoms with Crippen LogP contribution < -0.4 is 4.74 Å². The summed E-state index contributed by atoms with van der Waals surface area (Å²) >= 11 is 1.34. The molecule has 1 N–H and O–H groups in total. The van der Waals surface area contributed by atoms with Gasteiger partial charge >= 0.3 is 0 Å². The molecule has 0 amide bonds. The first-order valence-electron chi connectivity index (χ1n) is 12.0. The Morgan fingerprint density at radius 2 is 1.89 bits per heavy atom. The number of rotatable bonds is 9. The molecule has 180 valence electrons. The van der Waals surface area contributed by atoms with E-state index in [1.807, 2.05) is 55.5 Å². The molecule has 0 saturated carbocycles. The zero-order valence-corrected chi connectivity index (χ0v) is 20.5. The largest absolute Gasteiger partial charge is 0.508 e. The second kappa shape index (κ2) is 10.2. The lowest BCUT2D eigenvalue weighted by atomic mass is 10.00. The number of phenols is 1. The van der Waals surface area contributed by atoms with Gasteiger partial charge in [-0.1, -0.05) is 43.3 Å². The van der Waals surface area contributed by atoms with E-state index >= 15 is 0 Å². The Bertz CT molecular complexity index is 1340. The van der Waals surface area contributed by atoms with Gasteiger partial charge in [0.25, 0.3) is 0 Å². The third-order valence-electron chi connectivity index (χ3n) is 6.59. The highest BCUT2D eigenvalue weighted by Crippen LogP contribution is 2.43. The molecular formula is C29H28FNO3S. The van der Waals surface area contributed by atoms with Gasteiger partial charge in [0.05, 0.1) is 6.67 Å². The molecule has 1 aliphatic rings. The molecule has 0 spiro atoms. The minimum absolute atomic E-state index is 0.0732. The fraction of sp³-hybridized carbons (Fsp3) is 0.276. The van der Waals surface area contributed by atoms with E-state index in [1.165, 1.54) is 16.9 Å². The van der Waals surface area contributed by atoms with Crippen LogP contribution in [0.3, 0.4) is 0 Å². The van der Waals surface area contributed by atoms with Gasteiger partial charge in [-0.15, -0.1) is 11.3 Å². The molecule has 35 heavy (non-hydrogen) atoms. The van der Waals surface area contributed by atoms with Gasteiger partial charge in [0, 0.05) is 41.2 Å². The number of carbonyl (C=O) groups is 1. The number of hydrogen-bond donors (Lipinski definition) is 1. The summed E-state index contributed by atoms with van der Waals surface area (Å²) < 4.78 is 19.7. The molecular weight excluding hydrogens is 461 g/mol. The number of ether oxygens (including phenoxy) is 1. The fourth-order valence-corrected chi connectivity index (χ4v) is 5.69. The minimum atomic E-state index is -0.228. The number of alkyl halides is 1. The number of ketones is 1. The molecule has 0 bridgehead atoms.